The first-order valence-electron chi connectivity index (χ1n) is 4.76. The molecular weight excluding hydrogens is 263 g/mol. The summed E-state index contributed by atoms with van der Waals surface area (Å²) in [5.41, 5.74) is 1.31. The Hall–Kier alpha value is -1.52. The van der Waals surface area contributed by atoms with Crippen molar-refractivity contribution in [3.05, 3.63) is 45.8 Å². The van der Waals surface area contributed by atoms with Crippen LogP contribution < -0.4 is 5.32 Å². The maximum atomic E-state index is 11.8. The minimum absolute atomic E-state index is 0.223. The van der Waals surface area contributed by atoms with Crippen LogP contribution in [0.15, 0.2) is 29.0 Å². The Morgan fingerprint density at radius 1 is 1.41 bits per heavy atom. The highest BCUT2D eigenvalue weighted by Crippen LogP contribution is 2.29. The number of halogens is 2. The molecule has 88 valence electrons. The van der Waals surface area contributed by atoms with Crippen molar-refractivity contribution in [2.45, 2.75) is 6.92 Å². The van der Waals surface area contributed by atoms with Gasteiger partial charge in [0, 0.05) is 5.56 Å². The summed E-state index contributed by atoms with van der Waals surface area (Å²) >= 11 is 11.8. The Kier molecular flexibility index (Phi) is 3.36. The van der Waals surface area contributed by atoms with Gasteiger partial charge in [0.05, 0.1) is 15.7 Å². The van der Waals surface area contributed by atoms with Crippen LogP contribution in [0.5, 0.6) is 0 Å². The summed E-state index contributed by atoms with van der Waals surface area (Å²) in [4.78, 5) is 11.8. The van der Waals surface area contributed by atoms with E-state index in [4.69, 9.17) is 23.2 Å². The van der Waals surface area contributed by atoms with Crippen molar-refractivity contribution in [3.63, 3.8) is 0 Å². The van der Waals surface area contributed by atoms with E-state index in [2.05, 4.69) is 15.0 Å². The largest absolute Gasteiger partial charge is 0.364 e. The van der Waals surface area contributed by atoms with E-state index in [1.807, 2.05) is 0 Å². The summed E-state index contributed by atoms with van der Waals surface area (Å²) in [6.45, 7) is 1.73. The summed E-state index contributed by atoms with van der Waals surface area (Å²) in [7, 11) is 0. The molecule has 6 heteroatoms. The molecule has 0 radical (unpaired) electrons. The number of nitrogens with one attached hydrogen (secondary N) is 1. The lowest BCUT2D eigenvalue weighted by Crippen LogP contribution is -2.13. The van der Waals surface area contributed by atoms with Crippen LogP contribution in [-0.2, 0) is 0 Å². The van der Waals surface area contributed by atoms with Crippen LogP contribution >= 0.6 is 23.2 Å². The lowest BCUT2D eigenvalue weighted by Gasteiger charge is -2.06. The monoisotopic (exact) mass is 270 g/mol. The Bertz CT molecular complexity index is 566. The standard InChI is InChI=1S/C11H8Cl2N2O2/c1-6-5-17-15-10(6)11(16)14-8-4-2-3-7(12)9(8)13/h2-5H,1H3,(H,14,16). The highest BCUT2D eigenvalue weighted by Gasteiger charge is 2.15. The van der Waals surface area contributed by atoms with E-state index in [0.717, 1.165) is 0 Å². The van der Waals surface area contributed by atoms with E-state index in [0.29, 0.717) is 21.3 Å². The quantitative estimate of drug-likeness (QED) is 0.908. The van der Waals surface area contributed by atoms with Gasteiger partial charge in [0.15, 0.2) is 5.69 Å². The lowest BCUT2D eigenvalue weighted by atomic mass is 10.2. The van der Waals surface area contributed by atoms with E-state index in [9.17, 15) is 4.79 Å². The summed E-state index contributed by atoms with van der Waals surface area (Å²) < 4.78 is 4.69. The SMILES string of the molecule is Cc1conc1C(=O)Nc1cccc(Cl)c1Cl. The third kappa shape index (κ3) is 2.43. The number of nitrogens with zero attached hydrogens (tertiary/aromatic N) is 1. The van der Waals surface area contributed by atoms with Gasteiger partial charge in [-0.2, -0.15) is 0 Å². The fraction of sp³-hybridized carbons (Fsp3) is 0.0909. The molecule has 1 amide bonds. The molecule has 1 aromatic heterocycles. The second-order valence-corrected chi connectivity index (χ2v) is 4.19. The fourth-order valence-corrected chi connectivity index (χ4v) is 1.64. The highest BCUT2D eigenvalue weighted by atomic mass is 35.5. The molecule has 0 saturated carbocycles. The zero-order chi connectivity index (χ0) is 12.4. The Balaban J connectivity index is 2.25. The summed E-state index contributed by atoms with van der Waals surface area (Å²) in [6, 6.07) is 4.99. The molecule has 17 heavy (non-hydrogen) atoms. The normalized spacial score (nSPS) is 10.3. The van der Waals surface area contributed by atoms with Crippen LogP contribution in [0.1, 0.15) is 16.1 Å². The highest BCUT2D eigenvalue weighted by molar-refractivity contribution is 6.44. The van der Waals surface area contributed by atoms with Crippen molar-refractivity contribution in [3.8, 4) is 0 Å². The molecule has 1 N–H and O–H groups in total. The molecule has 1 heterocycles. The average molecular weight is 271 g/mol. The number of carbonyl (C=O) groups is 1. The van der Waals surface area contributed by atoms with Crippen LogP contribution in [0.3, 0.4) is 0 Å². The summed E-state index contributed by atoms with van der Waals surface area (Å²) in [5.74, 6) is -0.389. The number of benzene rings is 1. The molecule has 1 aromatic carbocycles. The van der Waals surface area contributed by atoms with Crippen molar-refractivity contribution < 1.29 is 9.32 Å². The molecule has 0 fully saturated rings. The van der Waals surface area contributed by atoms with E-state index in [-0.39, 0.29) is 11.6 Å². The van der Waals surface area contributed by atoms with Crippen molar-refractivity contribution in [2.24, 2.45) is 0 Å². The molecule has 2 rings (SSSR count). The minimum atomic E-state index is -0.389. The van der Waals surface area contributed by atoms with E-state index in [1.54, 1.807) is 25.1 Å². The first-order valence-corrected chi connectivity index (χ1v) is 5.51. The van der Waals surface area contributed by atoms with Gasteiger partial charge in [-0.05, 0) is 19.1 Å². The number of aromatic nitrogens is 1. The number of hydrogen-bond donors (Lipinski definition) is 1. The second-order valence-electron chi connectivity index (χ2n) is 3.40. The first-order chi connectivity index (χ1) is 8.09. The van der Waals surface area contributed by atoms with Gasteiger partial charge < -0.3 is 9.84 Å². The van der Waals surface area contributed by atoms with Crippen LogP contribution in [0.4, 0.5) is 5.69 Å². The molecule has 0 bridgehead atoms. The third-order valence-corrected chi connectivity index (χ3v) is 2.98. The lowest BCUT2D eigenvalue weighted by molar-refractivity contribution is 0.101. The number of amides is 1. The number of anilines is 1. The van der Waals surface area contributed by atoms with Gasteiger partial charge in [-0.25, -0.2) is 0 Å². The molecule has 0 saturated heterocycles. The van der Waals surface area contributed by atoms with E-state index in [1.165, 1.54) is 6.26 Å². The number of rotatable bonds is 2. The maximum Gasteiger partial charge on any atom is 0.278 e. The van der Waals surface area contributed by atoms with Crippen molar-refractivity contribution >= 4 is 34.8 Å². The van der Waals surface area contributed by atoms with Crippen LogP contribution in [-0.4, -0.2) is 11.1 Å². The van der Waals surface area contributed by atoms with Gasteiger partial charge in [-0.15, -0.1) is 0 Å². The van der Waals surface area contributed by atoms with Crippen LogP contribution in [0, 0.1) is 6.92 Å². The van der Waals surface area contributed by atoms with Gasteiger partial charge >= 0.3 is 0 Å². The molecule has 0 spiro atoms. The van der Waals surface area contributed by atoms with Gasteiger partial charge in [-0.3, -0.25) is 4.79 Å². The maximum absolute atomic E-state index is 11.8. The van der Waals surface area contributed by atoms with Crippen molar-refractivity contribution in [1.29, 1.82) is 0 Å². The minimum Gasteiger partial charge on any atom is -0.364 e. The van der Waals surface area contributed by atoms with Gasteiger partial charge in [0.2, 0.25) is 0 Å². The first kappa shape index (κ1) is 12.0. The second kappa shape index (κ2) is 4.77. The Morgan fingerprint density at radius 3 is 2.82 bits per heavy atom. The number of carbonyl (C=O) groups excluding carboxylic acids is 1. The molecule has 2 aromatic rings. The summed E-state index contributed by atoms with van der Waals surface area (Å²) in [5, 5.41) is 6.89. The number of hydrogen-bond acceptors (Lipinski definition) is 3. The van der Waals surface area contributed by atoms with Crippen molar-refractivity contribution in [1.82, 2.24) is 5.16 Å². The average Bonchev–Trinajstić information content (AvgIpc) is 2.71. The van der Waals surface area contributed by atoms with Crippen LogP contribution in [0.25, 0.3) is 0 Å². The fourth-order valence-electron chi connectivity index (χ4n) is 1.29. The van der Waals surface area contributed by atoms with Gasteiger partial charge in [-0.1, -0.05) is 34.4 Å². The molecule has 0 atom stereocenters. The van der Waals surface area contributed by atoms with E-state index < -0.39 is 0 Å². The predicted octanol–water partition coefficient (Wildman–Crippen LogP) is 3.54. The number of aryl methyl sites for hydroxylation is 1. The molecular formula is C11H8Cl2N2O2. The zero-order valence-electron chi connectivity index (χ0n) is 8.83. The predicted molar refractivity (Wildman–Crippen MR) is 65.7 cm³/mol. The van der Waals surface area contributed by atoms with Crippen molar-refractivity contribution in [2.75, 3.05) is 5.32 Å². The smallest absolute Gasteiger partial charge is 0.278 e. The van der Waals surface area contributed by atoms with E-state index >= 15 is 0 Å². The van der Waals surface area contributed by atoms with Gasteiger partial charge in [0.1, 0.15) is 6.26 Å². The Labute approximate surface area is 108 Å². The molecule has 0 unspecified atom stereocenters. The Morgan fingerprint density at radius 2 is 2.18 bits per heavy atom. The molecule has 4 nitrogen and oxygen atoms in total. The molecule has 0 aliphatic heterocycles. The van der Waals surface area contributed by atoms with Crippen LogP contribution in [0.2, 0.25) is 10.0 Å². The topological polar surface area (TPSA) is 55.1 Å². The third-order valence-electron chi connectivity index (χ3n) is 2.16. The zero-order valence-corrected chi connectivity index (χ0v) is 10.3. The molecule has 0 aliphatic carbocycles. The van der Waals surface area contributed by atoms with Gasteiger partial charge in [0.25, 0.3) is 5.91 Å². The summed E-state index contributed by atoms with van der Waals surface area (Å²) in [6.07, 6.45) is 1.40. The molecule has 0 aliphatic rings.